The van der Waals surface area contributed by atoms with Gasteiger partial charge in [0.05, 0.1) is 5.38 Å². The highest BCUT2D eigenvalue weighted by molar-refractivity contribution is 6.22. The summed E-state index contributed by atoms with van der Waals surface area (Å²) in [5, 5.41) is 3.68. The van der Waals surface area contributed by atoms with Gasteiger partial charge in [0.1, 0.15) is 0 Å². The van der Waals surface area contributed by atoms with Gasteiger partial charge in [0.15, 0.2) is 0 Å². The summed E-state index contributed by atoms with van der Waals surface area (Å²) >= 11 is 6.02. The Balaban J connectivity index is 1.67. The lowest BCUT2D eigenvalue weighted by Gasteiger charge is -2.53. The Kier molecular flexibility index (Phi) is 2.49. The first-order valence-corrected chi connectivity index (χ1v) is 6.28. The van der Waals surface area contributed by atoms with E-state index in [0.29, 0.717) is 0 Å². The van der Waals surface area contributed by atoms with Gasteiger partial charge in [-0.05, 0) is 31.4 Å². The highest BCUT2D eigenvalue weighted by Crippen LogP contribution is 2.34. The maximum atomic E-state index is 6.02. The highest BCUT2D eigenvalue weighted by Gasteiger charge is 2.40. The number of likely N-dealkylation sites (tertiary alicyclic amines) is 1. The number of alkyl halides is 1. The normalized spacial score (nSPS) is 39.4. The second-order valence-corrected chi connectivity index (χ2v) is 5.27. The largest absolute Gasteiger partial charge is 0.367 e. The minimum Gasteiger partial charge on any atom is -0.367 e. The van der Waals surface area contributed by atoms with E-state index in [1.807, 2.05) is 0 Å². The fourth-order valence-corrected chi connectivity index (χ4v) is 2.98. The van der Waals surface area contributed by atoms with Crippen LogP contribution in [0.5, 0.6) is 0 Å². The van der Waals surface area contributed by atoms with Gasteiger partial charge in [0.25, 0.3) is 0 Å². The summed E-state index contributed by atoms with van der Waals surface area (Å²) in [4.78, 5) is 2.52. The number of rotatable bonds is 1. The summed E-state index contributed by atoms with van der Waals surface area (Å²) in [5.74, 6) is 0.925. The molecule has 3 aliphatic rings. The van der Waals surface area contributed by atoms with Gasteiger partial charge in [-0.1, -0.05) is 12.2 Å². The number of nitrogens with zero attached hydrogens (tertiary/aromatic N) is 1. The fourth-order valence-electron chi connectivity index (χ4n) is 2.82. The van der Waals surface area contributed by atoms with E-state index < -0.39 is 0 Å². The maximum absolute atomic E-state index is 6.02. The van der Waals surface area contributed by atoms with Crippen LogP contribution in [0, 0.1) is 5.92 Å². The first-order valence-electron chi connectivity index (χ1n) is 5.84. The molecule has 2 heterocycles. The zero-order valence-electron chi connectivity index (χ0n) is 8.82. The molecule has 2 aliphatic heterocycles. The average Bonchev–Trinajstić information content (AvgIpc) is 2.23. The van der Waals surface area contributed by atoms with Crippen molar-refractivity contribution in [2.45, 2.75) is 24.3 Å². The van der Waals surface area contributed by atoms with E-state index in [1.165, 1.54) is 25.2 Å². The number of nitrogens with one attached hydrogen (secondary N) is 1. The quantitative estimate of drug-likeness (QED) is 0.683. The lowest BCUT2D eigenvalue weighted by Crippen LogP contribution is -2.62. The van der Waals surface area contributed by atoms with Gasteiger partial charge in [-0.15, -0.1) is 11.6 Å². The van der Waals surface area contributed by atoms with E-state index in [2.05, 4.69) is 28.4 Å². The van der Waals surface area contributed by atoms with Crippen LogP contribution in [0.25, 0.3) is 0 Å². The van der Waals surface area contributed by atoms with Crippen molar-refractivity contribution in [1.29, 1.82) is 0 Å². The lowest BCUT2D eigenvalue weighted by molar-refractivity contribution is 0.0295. The van der Waals surface area contributed by atoms with Crippen molar-refractivity contribution in [1.82, 2.24) is 10.2 Å². The summed E-state index contributed by atoms with van der Waals surface area (Å²) in [6.07, 6.45) is 8.90. The van der Waals surface area contributed by atoms with Crippen LogP contribution in [0.3, 0.4) is 0 Å². The molecule has 3 heteroatoms. The molecular formula is C12H17ClN2. The minimum atomic E-state index is 0.204. The predicted octanol–water partition coefficient (Wildman–Crippen LogP) is 1.73. The van der Waals surface area contributed by atoms with Gasteiger partial charge in [0, 0.05) is 24.8 Å². The van der Waals surface area contributed by atoms with Crippen LogP contribution in [0.2, 0.25) is 0 Å². The van der Waals surface area contributed by atoms with Gasteiger partial charge in [-0.25, -0.2) is 0 Å². The number of allylic oxidation sites excluding steroid dienone is 3. The number of hydrogen-bond acceptors (Lipinski definition) is 2. The van der Waals surface area contributed by atoms with Crippen molar-refractivity contribution in [3.05, 3.63) is 23.9 Å². The van der Waals surface area contributed by atoms with Crippen molar-refractivity contribution >= 4 is 11.6 Å². The molecule has 0 amide bonds. The molecule has 2 fully saturated rings. The first kappa shape index (κ1) is 9.73. The number of piperidine rings is 1. The Labute approximate surface area is 96.0 Å². The van der Waals surface area contributed by atoms with Gasteiger partial charge in [-0.3, -0.25) is 0 Å². The fraction of sp³-hybridized carbons (Fsp3) is 0.667. The van der Waals surface area contributed by atoms with Crippen molar-refractivity contribution < 1.29 is 0 Å². The van der Waals surface area contributed by atoms with Crippen LogP contribution in [-0.2, 0) is 0 Å². The summed E-state index contributed by atoms with van der Waals surface area (Å²) in [5.41, 5.74) is 1.39. The summed E-state index contributed by atoms with van der Waals surface area (Å²) in [6.45, 7) is 3.60. The Morgan fingerprint density at radius 3 is 3.13 bits per heavy atom. The van der Waals surface area contributed by atoms with Crippen LogP contribution < -0.4 is 5.32 Å². The minimum absolute atomic E-state index is 0.204. The van der Waals surface area contributed by atoms with E-state index in [9.17, 15) is 0 Å². The summed E-state index contributed by atoms with van der Waals surface area (Å²) < 4.78 is 0. The van der Waals surface area contributed by atoms with Crippen molar-refractivity contribution in [3.8, 4) is 0 Å². The summed E-state index contributed by atoms with van der Waals surface area (Å²) in [7, 11) is 0. The molecule has 2 nitrogen and oxygen atoms in total. The van der Waals surface area contributed by atoms with Crippen LogP contribution in [-0.4, -0.2) is 36.0 Å². The van der Waals surface area contributed by atoms with Crippen molar-refractivity contribution in [2.75, 3.05) is 19.6 Å². The molecule has 3 unspecified atom stereocenters. The van der Waals surface area contributed by atoms with Crippen LogP contribution in [0.15, 0.2) is 23.9 Å². The molecule has 0 aromatic carbocycles. The molecule has 1 N–H and O–H groups in total. The molecule has 0 bridgehead atoms. The molecular weight excluding hydrogens is 208 g/mol. The molecule has 1 aliphatic carbocycles. The molecule has 0 aromatic rings. The molecule has 0 saturated carbocycles. The molecule has 3 atom stereocenters. The Morgan fingerprint density at radius 2 is 2.40 bits per heavy atom. The SMILES string of the molecule is ClC1C=CC(N2CC3CCNCC32)=CC1. The van der Waals surface area contributed by atoms with Gasteiger partial charge >= 0.3 is 0 Å². The highest BCUT2D eigenvalue weighted by atomic mass is 35.5. The van der Waals surface area contributed by atoms with Crippen LogP contribution in [0.1, 0.15) is 12.8 Å². The Morgan fingerprint density at radius 1 is 1.47 bits per heavy atom. The zero-order chi connectivity index (χ0) is 10.3. The number of hydrogen-bond donors (Lipinski definition) is 1. The maximum Gasteiger partial charge on any atom is 0.0555 e. The van der Waals surface area contributed by atoms with Gasteiger partial charge < -0.3 is 10.2 Å². The third-order valence-corrected chi connectivity index (χ3v) is 4.10. The average molecular weight is 225 g/mol. The summed E-state index contributed by atoms with van der Waals surface area (Å²) in [6, 6.07) is 0.738. The van der Waals surface area contributed by atoms with Crippen LogP contribution in [0.4, 0.5) is 0 Å². The van der Waals surface area contributed by atoms with Crippen molar-refractivity contribution in [3.63, 3.8) is 0 Å². The first-order chi connectivity index (χ1) is 7.34. The van der Waals surface area contributed by atoms with Crippen LogP contribution >= 0.6 is 11.6 Å². The Hall–Kier alpha value is -0.470. The van der Waals surface area contributed by atoms with Gasteiger partial charge in [-0.2, -0.15) is 0 Å². The number of fused-ring (bicyclic) bond motifs is 1. The van der Waals surface area contributed by atoms with E-state index in [-0.39, 0.29) is 5.38 Å². The van der Waals surface area contributed by atoms with Gasteiger partial charge in [0.2, 0.25) is 0 Å². The van der Waals surface area contributed by atoms with E-state index in [0.717, 1.165) is 24.9 Å². The smallest absolute Gasteiger partial charge is 0.0555 e. The molecule has 82 valence electrons. The van der Waals surface area contributed by atoms with E-state index >= 15 is 0 Å². The standard InChI is InChI=1S/C12H17ClN2/c13-10-1-3-11(4-2-10)15-8-9-5-6-14-7-12(9)15/h1,3-4,9-10,12,14H,2,5-8H2. The van der Waals surface area contributed by atoms with E-state index in [1.54, 1.807) is 0 Å². The third-order valence-electron chi connectivity index (χ3n) is 3.78. The molecule has 3 rings (SSSR count). The second kappa shape index (κ2) is 3.84. The molecule has 15 heavy (non-hydrogen) atoms. The Bertz CT molecular complexity index is 311. The van der Waals surface area contributed by atoms with Crippen molar-refractivity contribution in [2.24, 2.45) is 5.92 Å². The lowest BCUT2D eigenvalue weighted by atomic mass is 9.82. The molecule has 0 aromatic heterocycles. The molecule has 0 radical (unpaired) electrons. The third kappa shape index (κ3) is 1.70. The number of halogens is 1. The van der Waals surface area contributed by atoms with E-state index in [4.69, 9.17) is 11.6 Å². The second-order valence-electron chi connectivity index (χ2n) is 4.71. The zero-order valence-corrected chi connectivity index (χ0v) is 9.58. The molecule has 2 saturated heterocycles. The monoisotopic (exact) mass is 224 g/mol. The predicted molar refractivity (Wildman–Crippen MR) is 63.0 cm³/mol. The molecule has 0 spiro atoms. The topological polar surface area (TPSA) is 15.3 Å².